The molecule has 206 valence electrons. The number of carbonyl (C=O) groups is 1. The molecule has 1 amide bonds. The third kappa shape index (κ3) is 5.70. The van der Waals surface area contributed by atoms with Gasteiger partial charge in [-0.25, -0.2) is 14.3 Å². The lowest BCUT2D eigenvalue weighted by molar-refractivity contribution is -0.121. The topological polar surface area (TPSA) is 126 Å². The Morgan fingerprint density at radius 1 is 0.976 bits per heavy atom. The van der Waals surface area contributed by atoms with Gasteiger partial charge in [0, 0.05) is 40.5 Å². The van der Waals surface area contributed by atoms with E-state index in [-0.39, 0.29) is 24.5 Å². The summed E-state index contributed by atoms with van der Waals surface area (Å²) in [6.07, 6.45) is 3.45. The first kappa shape index (κ1) is 26.0. The van der Waals surface area contributed by atoms with Gasteiger partial charge in [-0.05, 0) is 65.6 Å². The fraction of sp³-hybridized carbons (Fsp3) is 0.100. The maximum atomic E-state index is 14.1. The van der Waals surface area contributed by atoms with Gasteiger partial charge >= 0.3 is 0 Å². The number of fused-ring (bicyclic) bond motifs is 1. The van der Waals surface area contributed by atoms with Crippen molar-refractivity contribution < 1.29 is 18.7 Å². The molecule has 3 aromatic carbocycles. The van der Waals surface area contributed by atoms with Crippen LogP contribution in [0.15, 0.2) is 90.3 Å². The van der Waals surface area contributed by atoms with E-state index in [0.717, 1.165) is 33.7 Å². The quantitative estimate of drug-likeness (QED) is 0.172. The molecule has 0 fully saturated rings. The van der Waals surface area contributed by atoms with Gasteiger partial charge in [-0.15, -0.1) is 10.6 Å². The number of aromatic hydroxyl groups is 1. The molecule has 6 rings (SSSR count). The normalized spacial score (nSPS) is 13.4. The Bertz CT molecular complexity index is 1770. The summed E-state index contributed by atoms with van der Waals surface area (Å²) in [6, 6.07) is 18.8. The highest BCUT2D eigenvalue weighted by molar-refractivity contribution is 6.00. The Hall–Kier alpha value is -5.29. The van der Waals surface area contributed by atoms with Gasteiger partial charge in [-0.3, -0.25) is 15.2 Å². The van der Waals surface area contributed by atoms with Crippen molar-refractivity contribution in [2.45, 2.75) is 18.9 Å². The molecule has 0 saturated carbocycles. The average Bonchev–Trinajstić information content (AvgIpc) is 3.63. The van der Waals surface area contributed by atoms with Crippen molar-refractivity contribution >= 4 is 22.6 Å². The van der Waals surface area contributed by atoms with E-state index >= 15 is 0 Å². The molecule has 0 spiro atoms. The van der Waals surface area contributed by atoms with Gasteiger partial charge in [0.05, 0.1) is 18.2 Å². The number of aromatic amines is 1. The number of phenolic OH excluding ortho intramolecular Hbond substituents is 1. The lowest BCUT2D eigenvalue weighted by Crippen LogP contribution is -2.35. The number of amidine groups is 1. The number of H-pyrrole nitrogens is 1. The van der Waals surface area contributed by atoms with Crippen LogP contribution >= 0.6 is 0 Å². The maximum Gasteiger partial charge on any atom is 0.225 e. The first-order chi connectivity index (χ1) is 19.9. The van der Waals surface area contributed by atoms with Crippen LogP contribution in [-0.2, 0) is 17.6 Å². The number of hydrogen-bond acceptors (Lipinski definition) is 7. The molecule has 1 aliphatic rings. The van der Waals surface area contributed by atoms with Crippen molar-refractivity contribution in [3.05, 3.63) is 119 Å². The number of benzene rings is 3. The minimum absolute atomic E-state index is 0.0145. The molecule has 2 aromatic heterocycles. The molecule has 5 aromatic rings. The predicted molar refractivity (Wildman–Crippen MR) is 150 cm³/mol. The van der Waals surface area contributed by atoms with Gasteiger partial charge in [0.25, 0.3) is 0 Å². The van der Waals surface area contributed by atoms with Gasteiger partial charge in [-0.2, -0.15) is 0 Å². The van der Waals surface area contributed by atoms with Crippen molar-refractivity contribution in [2.24, 2.45) is 5.10 Å². The molecule has 3 heterocycles. The van der Waals surface area contributed by atoms with E-state index in [1.807, 2.05) is 30.3 Å². The number of hydrogen-bond donors (Lipinski definition) is 6. The summed E-state index contributed by atoms with van der Waals surface area (Å²) in [4.78, 5) is 21.2. The molecule has 0 saturated heterocycles. The van der Waals surface area contributed by atoms with Crippen molar-refractivity contribution in [3.63, 3.8) is 0 Å². The van der Waals surface area contributed by atoms with Gasteiger partial charge < -0.3 is 15.4 Å². The number of carbonyl (C=O) groups excluding carboxylic acids is 1. The SMILES string of the molecule is O=C(Cc1c[nH]c2ccc(O)cc12)NC(Cc1cc(F)cc(F)c1)c1ncccc1-c1cccc(C2=NNNN2)c1. The largest absolute Gasteiger partial charge is 0.508 e. The molecule has 0 aliphatic carbocycles. The first-order valence-electron chi connectivity index (χ1n) is 12.9. The highest BCUT2D eigenvalue weighted by Crippen LogP contribution is 2.30. The van der Waals surface area contributed by atoms with Gasteiger partial charge in [-0.1, -0.05) is 24.3 Å². The number of hydrazone groups is 1. The lowest BCUT2D eigenvalue weighted by atomic mass is 9.94. The minimum atomic E-state index is -0.715. The Morgan fingerprint density at radius 3 is 2.61 bits per heavy atom. The van der Waals surface area contributed by atoms with Crippen molar-refractivity contribution in [1.82, 2.24) is 31.8 Å². The van der Waals surface area contributed by atoms with Crippen LogP contribution < -0.4 is 21.8 Å². The number of aromatic nitrogens is 2. The van der Waals surface area contributed by atoms with Crippen LogP contribution in [-0.4, -0.2) is 26.8 Å². The van der Waals surface area contributed by atoms with E-state index in [9.17, 15) is 18.7 Å². The molecule has 9 nitrogen and oxygen atoms in total. The number of rotatable bonds is 8. The Balaban J connectivity index is 1.35. The maximum absolute atomic E-state index is 14.1. The molecule has 41 heavy (non-hydrogen) atoms. The number of nitrogens with zero attached hydrogens (tertiary/aromatic N) is 2. The minimum Gasteiger partial charge on any atom is -0.508 e. The van der Waals surface area contributed by atoms with Crippen LogP contribution in [0.1, 0.15) is 28.4 Å². The number of pyridine rings is 1. The van der Waals surface area contributed by atoms with Crippen molar-refractivity contribution in [2.75, 3.05) is 0 Å². The van der Waals surface area contributed by atoms with Crippen molar-refractivity contribution in [1.29, 1.82) is 0 Å². The predicted octanol–water partition coefficient (Wildman–Crippen LogP) is 4.13. The summed E-state index contributed by atoms with van der Waals surface area (Å²) in [5, 5.41) is 17.9. The fourth-order valence-electron chi connectivity index (χ4n) is 5.02. The molecule has 0 bridgehead atoms. The van der Waals surface area contributed by atoms with Crippen LogP contribution in [0.25, 0.3) is 22.0 Å². The van der Waals surface area contributed by atoms with E-state index in [1.165, 1.54) is 12.1 Å². The van der Waals surface area contributed by atoms with Gasteiger partial charge in [0.2, 0.25) is 5.91 Å². The smallest absolute Gasteiger partial charge is 0.225 e. The molecule has 1 aliphatic heterocycles. The van der Waals surface area contributed by atoms with Crippen LogP contribution in [0.2, 0.25) is 0 Å². The molecule has 0 radical (unpaired) electrons. The first-order valence-corrected chi connectivity index (χ1v) is 12.9. The van der Waals surface area contributed by atoms with Gasteiger partial charge in [0.1, 0.15) is 17.4 Å². The van der Waals surface area contributed by atoms with E-state index in [4.69, 9.17) is 0 Å². The molecular weight excluding hydrogens is 528 g/mol. The summed E-state index contributed by atoms with van der Waals surface area (Å²) < 4.78 is 28.2. The van der Waals surface area contributed by atoms with Gasteiger partial charge in [0.15, 0.2) is 5.84 Å². The summed E-state index contributed by atoms with van der Waals surface area (Å²) >= 11 is 0. The zero-order valence-electron chi connectivity index (χ0n) is 21.6. The molecule has 11 heteroatoms. The second-order valence-electron chi connectivity index (χ2n) is 9.66. The summed E-state index contributed by atoms with van der Waals surface area (Å²) in [6.45, 7) is 0. The second-order valence-corrected chi connectivity index (χ2v) is 9.66. The van der Waals surface area contributed by atoms with Crippen molar-refractivity contribution in [3.8, 4) is 16.9 Å². The number of nitrogens with one attached hydrogen (secondary N) is 5. The number of hydrazine groups is 2. The highest BCUT2D eigenvalue weighted by Gasteiger charge is 2.23. The number of amides is 1. The zero-order valence-corrected chi connectivity index (χ0v) is 21.6. The fourth-order valence-corrected chi connectivity index (χ4v) is 5.02. The molecule has 1 atom stereocenters. The molecular formula is C30H25F2N7O2. The Kier molecular flexibility index (Phi) is 7.00. The Labute approximate surface area is 233 Å². The standard InChI is InChI=1S/C30H25F2N7O2/c31-21-9-17(10-22(32)14-21)11-27(35-28(41)13-20-16-34-26-7-6-23(40)15-25(20)26)29-24(5-2-8-33-29)18-3-1-4-19(12-18)30-36-38-39-37-30/h1-10,12,14-16,27,34,38-40H,11,13H2,(H,35,41)(H,36,37). The number of halogens is 2. The zero-order chi connectivity index (χ0) is 28.3. The van der Waals surface area contributed by atoms with Crippen LogP contribution in [0.3, 0.4) is 0 Å². The molecule has 1 unspecified atom stereocenters. The summed E-state index contributed by atoms with van der Waals surface area (Å²) in [5.74, 6) is -1.03. The van der Waals surface area contributed by atoms with E-state index < -0.39 is 17.7 Å². The van der Waals surface area contributed by atoms with E-state index in [1.54, 1.807) is 36.7 Å². The summed E-state index contributed by atoms with van der Waals surface area (Å²) in [7, 11) is 0. The number of phenols is 1. The van der Waals surface area contributed by atoms with E-state index in [2.05, 4.69) is 36.9 Å². The second kappa shape index (κ2) is 11.1. The highest BCUT2D eigenvalue weighted by atomic mass is 19.1. The van der Waals surface area contributed by atoms with Crippen LogP contribution in [0.5, 0.6) is 5.75 Å². The van der Waals surface area contributed by atoms with Crippen LogP contribution in [0.4, 0.5) is 8.78 Å². The molecule has 6 N–H and O–H groups in total. The average molecular weight is 554 g/mol. The Morgan fingerprint density at radius 2 is 1.80 bits per heavy atom. The third-order valence-corrected chi connectivity index (χ3v) is 6.82. The monoisotopic (exact) mass is 553 g/mol. The van der Waals surface area contributed by atoms with Crippen LogP contribution in [0, 0.1) is 11.6 Å². The van der Waals surface area contributed by atoms with E-state index in [0.29, 0.717) is 22.7 Å². The third-order valence-electron chi connectivity index (χ3n) is 6.82. The lowest BCUT2D eigenvalue weighted by Gasteiger charge is -2.22. The summed E-state index contributed by atoms with van der Waals surface area (Å²) in [5.41, 5.74) is 13.0.